The Morgan fingerprint density at radius 2 is 1.72 bits per heavy atom. The van der Waals surface area contributed by atoms with Gasteiger partial charge in [-0.15, -0.1) is 0 Å². The van der Waals surface area contributed by atoms with Crippen LogP contribution in [0.25, 0.3) is 10.2 Å². The molecule has 0 saturated carbocycles. The van der Waals surface area contributed by atoms with Gasteiger partial charge in [-0.1, -0.05) is 44.1 Å². The minimum Gasteiger partial charge on any atom is -0.497 e. The molecule has 1 amide bonds. The lowest BCUT2D eigenvalue weighted by Crippen LogP contribution is -2.33. The van der Waals surface area contributed by atoms with Crippen molar-refractivity contribution in [3.05, 3.63) is 78.1 Å². The number of rotatable bonds is 13. The zero-order valence-electron chi connectivity index (χ0n) is 22.5. The number of sulfonamides is 1. The Kier molecular flexibility index (Phi) is 9.66. The van der Waals surface area contributed by atoms with Crippen molar-refractivity contribution in [2.75, 3.05) is 25.1 Å². The van der Waals surface area contributed by atoms with E-state index in [-0.39, 0.29) is 17.3 Å². The molecule has 0 aliphatic carbocycles. The van der Waals surface area contributed by atoms with Gasteiger partial charge < -0.3 is 4.74 Å². The van der Waals surface area contributed by atoms with Crippen LogP contribution in [0.4, 0.5) is 5.13 Å². The summed E-state index contributed by atoms with van der Waals surface area (Å²) in [6.45, 7) is 5.33. The standard InChI is InChI=1S/C29H34N4O4S2/c1-4-6-17-32(18-7-5-2)39(35,36)25-13-10-23(11-14-25)28(34)33(21-22-9-8-16-30-20-22)29-31-26-19-24(37-3)12-15-27(26)38-29/h8-16,19-20H,4-7,17-18,21H2,1-3H3. The summed E-state index contributed by atoms with van der Waals surface area (Å²) in [5, 5.41) is 0.536. The molecule has 8 nitrogen and oxygen atoms in total. The number of hydrogen-bond acceptors (Lipinski definition) is 7. The fraction of sp³-hybridized carbons (Fsp3) is 0.345. The van der Waals surface area contributed by atoms with Gasteiger partial charge in [0.15, 0.2) is 5.13 Å². The van der Waals surface area contributed by atoms with Crippen molar-refractivity contribution in [1.29, 1.82) is 0 Å². The van der Waals surface area contributed by atoms with E-state index in [0.717, 1.165) is 41.5 Å². The molecule has 2 heterocycles. The average molecular weight is 567 g/mol. The van der Waals surface area contributed by atoms with Crippen LogP contribution in [0, 0.1) is 0 Å². The molecule has 206 valence electrons. The Labute approximate surface area is 234 Å². The molecular formula is C29H34N4O4S2. The van der Waals surface area contributed by atoms with Gasteiger partial charge in [0.05, 0.1) is 28.8 Å². The second kappa shape index (κ2) is 13.1. The number of unbranched alkanes of at least 4 members (excludes halogenated alkanes) is 2. The van der Waals surface area contributed by atoms with Crippen molar-refractivity contribution in [2.24, 2.45) is 0 Å². The highest BCUT2D eigenvalue weighted by Gasteiger charge is 2.26. The number of anilines is 1. The first-order valence-electron chi connectivity index (χ1n) is 13.1. The second-order valence-electron chi connectivity index (χ2n) is 9.22. The van der Waals surface area contributed by atoms with Crippen molar-refractivity contribution >= 4 is 42.6 Å². The van der Waals surface area contributed by atoms with Crippen LogP contribution in [-0.2, 0) is 16.6 Å². The van der Waals surface area contributed by atoms with Gasteiger partial charge in [0.1, 0.15) is 5.75 Å². The Balaban J connectivity index is 1.65. The Morgan fingerprint density at radius 3 is 2.33 bits per heavy atom. The monoisotopic (exact) mass is 566 g/mol. The van der Waals surface area contributed by atoms with Gasteiger partial charge in [-0.05, 0) is 60.9 Å². The van der Waals surface area contributed by atoms with Crippen LogP contribution >= 0.6 is 11.3 Å². The van der Waals surface area contributed by atoms with Gasteiger partial charge >= 0.3 is 0 Å². The zero-order valence-corrected chi connectivity index (χ0v) is 24.2. The van der Waals surface area contributed by atoms with E-state index in [0.29, 0.717) is 29.5 Å². The summed E-state index contributed by atoms with van der Waals surface area (Å²) in [7, 11) is -2.05. The van der Waals surface area contributed by atoms with Crippen molar-refractivity contribution in [1.82, 2.24) is 14.3 Å². The number of amides is 1. The van der Waals surface area contributed by atoms with E-state index in [9.17, 15) is 13.2 Å². The normalized spacial score (nSPS) is 11.7. The number of methoxy groups -OCH3 is 1. The van der Waals surface area contributed by atoms with Crippen LogP contribution in [0.1, 0.15) is 55.5 Å². The van der Waals surface area contributed by atoms with E-state index in [4.69, 9.17) is 9.72 Å². The van der Waals surface area contributed by atoms with E-state index in [1.54, 1.807) is 40.8 Å². The summed E-state index contributed by atoms with van der Waals surface area (Å²) < 4.78 is 34.6. The van der Waals surface area contributed by atoms with Gasteiger partial charge in [0, 0.05) is 37.1 Å². The predicted molar refractivity (Wildman–Crippen MR) is 156 cm³/mol. The highest BCUT2D eigenvalue weighted by atomic mass is 32.2. The predicted octanol–water partition coefficient (Wildman–Crippen LogP) is 6.14. The first-order valence-corrected chi connectivity index (χ1v) is 15.4. The third-order valence-electron chi connectivity index (χ3n) is 6.38. The number of carbonyl (C=O) groups excluding carboxylic acids is 1. The van der Waals surface area contributed by atoms with E-state index < -0.39 is 10.0 Å². The second-order valence-corrected chi connectivity index (χ2v) is 12.2. The number of nitrogens with zero attached hydrogens (tertiary/aromatic N) is 4. The van der Waals surface area contributed by atoms with Crippen molar-refractivity contribution < 1.29 is 17.9 Å². The van der Waals surface area contributed by atoms with Crippen LogP contribution in [0.15, 0.2) is 71.9 Å². The molecular weight excluding hydrogens is 532 g/mol. The number of thiazole rings is 1. The maximum Gasteiger partial charge on any atom is 0.260 e. The number of carbonyl (C=O) groups is 1. The molecule has 0 radical (unpaired) electrons. The number of benzene rings is 2. The van der Waals surface area contributed by atoms with Gasteiger partial charge in [0.25, 0.3) is 5.91 Å². The van der Waals surface area contributed by atoms with Crippen molar-refractivity contribution in [3.8, 4) is 5.75 Å². The maximum absolute atomic E-state index is 13.8. The summed E-state index contributed by atoms with van der Waals surface area (Å²) in [6, 6.07) is 15.6. The third-order valence-corrected chi connectivity index (χ3v) is 9.36. The highest BCUT2D eigenvalue weighted by molar-refractivity contribution is 7.89. The molecule has 0 fully saturated rings. The molecule has 0 atom stereocenters. The molecule has 4 rings (SSSR count). The molecule has 0 aliphatic heterocycles. The van der Waals surface area contributed by atoms with E-state index in [1.165, 1.54) is 23.5 Å². The fourth-order valence-corrected chi connectivity index (χ4v) is 6.59. The zero-order chi connectivity index (χ0) is 27.8. The Bertz CT molecular complexity index is 1480. The lowest BCUT2D eigenvalue weighted by atomic mass is 10.2. The van der Waals surface area contributed by atoms with Crippen molar-refractivity contribution in [2.45, 2.75) is 51.0 Å². The molecule has 0 spiro atoms. The van der Waals surface area contributed by atoms with E-state index >= 15 is 0 Å². The molecule has 0 bridgehead atoms. The van der Waals surface area contributed by atoms with Crippen LogP contribution in [0.2, 0.25) is 0 Å². The summed E-state index contributed by atoms with van der Waals surface area (Å²) in [6.07, 6.45) is 6.83. The molecule has 0 N–H and O–H groups in total. The summed E-state index contributed by atoms with van der Waals surface area (Å²) in [4.78, 5) is 24.5. The summed E-state index contributed by atoms with van der Waals surface area (Å²) >= 11 is 1.41. The number of pyridine rings is 1. The van der Waals surface area contributed by atoms with E-state index in [1.807, 2.05) is 44.2 Å². The fourth-order valence-electron chi connectivity index (χ4n) is 4.13. The molecule has 2 aromatic carbocycles. The maximum atomic E-state index is 13.8. The Hall–Kier alpha value is -3.34. The third kappa shape index (κ3) is 6.81. The largest absolute Gasteiger partial charge is 0.497 e. The SMILES string of the molecule is CCCCN(CCCC)S(=O)(=O)c1ccc(C(=O)N(Cc2cccnc2)c2nc3cc(OC)ccc3s2)cc1. The minimum atomic E-state index is -3.65. The summed E-state index contributed by atoms with van der Waals surface area (Å²) in [5.41, 5.74) is 1.96. The first-order chi connectivity index (χ1) is 18.9. The molecule has 39 heavy (non-hydrogen) atoms. The number of hydrogen-bond donors (Lipinski definition) is 0. The number of ether oxygens (including phenoxy) is 1. The molecule has 0 saturated heterocycles. The Morgan fingerprint density at radius 1 is 1.00 bits per heavy atom. The van der Waals surface area contributed by atoms with Gasteiger partial charge in [-0.25, -0.2) is 13.4 Å². The van der Waals surface area contributed by atoms with Crippen LogP contribution in [0.5, 0.6) is 5.75 Å². The smallest absolute Gasteiger partial charge is 0.260 e. The van der Waals surface area contributed by atoms with Crippen molar-refractivity contribution in [3.63, 3.8) is 0 Å². The van der Waals surface area contributed by atoms with Gasteiger partial charge in [0.2, 0.25) is 10.0 Å². The van der Waals surface area contributed by atoms with Crippen LogP contribution in [0.3, 0.4) is 0 Å². The van der Waals surface area contributed by atoms with Crippen LogP contribution < -0.4 is 9.64 Å². The number of aromatic nitrogens is 2. The summed E-state index contributed by atoms with van der Waals surface area (Å²) in [5.74, 6) is 0.413. The lowest BCUT2D eigenvalue weighted by molar-refractivity contribution is 0.0985. The topological polar surface area (TPSA) is 92.7 Å². The quantitative estimate of drug-likeness (QED) is 0.193. The molecule has 10 heteroatoms. The first kappa shape index (κ1) is 28.7. The van der Waals surface area contributed by atoms with Gasteiger partial charge in [-0.3, -0.25) is 14.7 Å². The molecule has 2 aromatic heterocycles. The molecule has 0 aliphatic rings. The molecule has 0 unspecified atom stereocenters. The molecule has 4 aromatic rings. The van der Waals surface area contributed by atoms with E-state index in [2.05, 4.69) is 4.98 Å². The lowest BCUT2D eigenvalue weighted by Gasteiger charge is -2.22. The number of fused-ring (bicyclic) bond motifs is 1. The van der Waals surface area contributed by atoms with Crippen LogP contribution in [-0.4, -0.2) is 48.8 Å². The minimum absolute atomic E-state index is 0.192. The highest BCUT2D eigenvalue weighted by Crippen LogP contribution is 2.33. The van der Waals surface area contributed by atoms with Gasteiger partial charge in [-0.2, -0.15) is 4.31 Å². The average Bonchev–Trinajstić information content (AvgIpc) is 3.39.